The van der Waals surface area contributed by atoms with E-state index in [2.05, 4.69) is 10.6 Å². The average molecular weight is 296 g/mol. The van der Waals surface area contributed by atoms with Gasteiger partial charge in [0.1, 0.15) is 11.9 Å². The van der Waals surface area contributed by atoms with Crippen LogP contribution in [0.3, 0.4) is 0 Å². The summed E-state index contributed by atoms with van der Waals surface area (Å²) in [7, 11) is 0. The van der Waals surface area contributed by atoms with Crippen molar-refractivity contribution >= 4 is 29.5 Å². The Bertz CT molecular complexity index is 533. The third-order valence-corrected chi connectivity index (χ3v) is 3.77. The zero-order valence-corrected chi connectivity index (χ0v) is 11.3. The molecule has 0 saturated carbocycles. The van der Waals surface area contributed by atoms with Gasteiger partial charge in [-0.3, -0.25) is 19.7 Å². The normalized spacial score (nSPS) is 18.6. The van der Waals surface area contributed by atoms with Gasteiger partial charge < -0.3 is 5.32 Å². The third-order valence-electron chi connectivity index (χ3n) is 2.76. The number of halogens is 1. The second kappa shape index (κ2) is 6.51. The molecular formula is C13H13FN2O3S. The Morgan fingerprint density at radius 1 is 1.35 bits per heavy atom. The zero-order valence-electron chi connectivity index (χ0n) is 10.5. The van der Waals surface area contributed by atoms with Crippen LogP contribution in [0.5, 0.6) is 0 Å². The second-order valence-electron chi connectivity index (χ2n) is 4.31. The minimum atomic E-state index is -0.658. The van der Waals surface area contributed by atoms with E-state index in [1.54, 1.807) is 12.1 Å². The molecule has 0 aromatic heterocycles. The fourth-order valence-corrected chi connectivity index (χ4v) is 2.46. The van der Waals surface area contributed by atoms with Crippen molar-refractivity contribution in [2.45, 2.75) is 23.8 Å². The van der Waals surface area contributed by atoms with Crippen LogP contribution in [-0.4, -0.2) is 29.5 Å². The standard InChI is InChI=1S/C13H13FN2O3S/c14-8-1-3-9(4-2-8)20-7-12(18)15-10-5-6-11(17)16-13(10)19/h1-4,10H,5-7H2,(H,15,18)(H,16,17,19). The molecule has 7 heteroatoms. The minimum Gasteiger partial charge on any atom is -0.344 e. The lowest BCUT2D eigenvalue weighted by atomic mass is 10.1. The van der Waals surface area contributed by atoms with Crippen molar-refractivity contribution < 1.29 is 18.8 Å². The smallest absolute Gasteiger partial charge is 0.249 e. The first-order valence-electron chi connectivity index (χ1n) is 6.06. The SMILES string of the molecule is O=C1CCC(NC(=O)CSc2ccc(F)cc2)C(=O)N1. The Kier molecular flexibility index (Phi) is 4.73. The van der Waals surface area contributed by atoms with Crippen LogP contribution in [0.25, 0.3) is 0 Å². The van der Waals surface area contributed by atoms with Crippen LogP contribution in [0.2, 0.25) is 0 Å². The number of rotatable bonds is 4. The maximum absolute atomic E-state index is 12.7. The van der Waals surface area contributed by atoms with E-state index in [-0.39, 0.29) is 29.8 Å². The van der Waals surface area contributed by atoms with Crippen LogP contribution in [0, 0.1) is 5.82 Å². The van der Waals surface area contributed by atoms with Gasteiger partial charge in [0.15, 0.2) is 0 Å². The molecule has 2 rings (SSSR count). The topological polar surface area (TPSA) is 75.3 Å². The molecular weight excluding hydrogens is 283 g/mol. The van der Waals surface area contributed by atoms with Crippen molar-refractivity contribution in [3.63, 3.8) is 0 Å². The number of hydrogen-bond donors (Lipinski definition) is 2. The van der Waals surface area contributed by atoms with Crippen molar-refractivity contribution in [3.05, 3.63) is 30.1 Å². The maximum atomic E-state index is 12.7. The summed E-state index contributed by atoms with van der Waals surface area (Å²) in [6, 6.07) is 5.15. The predicted molar refractivity (Wildman–Crippen MR) is 71.4 cm³/mol. The molecule has 5 nitrogen and oxygen atoms in total. The molecule has 1 fully saturated rings. The molecule has 1 atom stereocenters. The molecule has 0 aliphatic carbocycles. The Labute approximate surface area is 119 Å². The van der Waals surface area contributed by atoms with Crippen molar-refractivity contribution in [1.82, 2.24) is 10.6 Å². The van der Waals surface area contributed by atoms with Gasteiger partial charge >= 0.3 is 0 Å². The Balaban J connectivity index is 1.79. The Hall–Kier alpha value is -1.89. The summed E-state index contributed by atoms with van der Waals surface area (Å²) in [5, 5.41) is 4.75. The summed E-state index contributed by atoms with van der Waals surface area (Å²) in [6.45, 7) is 0. The van der Waals surface area contributed by atoms with Gasteiger partial charge in [-0.05, 0) is 30.7 Å². The van der Waals surface area contributed by atoms with Gasteiger partial charge in [0.25, 0.3) is 0 Å². The van der Waals surface area contributed by atoms with Gasteiger partial charge in [0.05, 0.1) is 5.75 Å². The van der Waals surface area contributed by atoms with Gasteiger partial charge in [-0.25, -0.2) is 4.39 Å². The summed E-state index contributed by atoms with van der Waals surface area (Å²) in [5.41, 5.74) is 0. The van der Waals surface area contributed by atoms with Crippen molar-refractivity contribution in [3.8, 4) is 0 Å². The summed E-state index contributed by atoms with van der Waals surface area (Å²) < 4.78 is 12.7. The monoisotopic (exact) mass is 296 g/mol. The van der Waals surface area contributed by atoms with E-state index in [0.717, 1.165) is 4.90 Å². The number of benzene rings is 1. The molecule has 1 heterocycles. The molecule has 1 unspecified atom stereocenters. The number of imide groups is 1. The summed E-state index contributed by atoms with van der Waals surface area (Å²) in [4.78, 5) is 34.9. The third kappa shape index (κ3) is 4.06. The maximum Gasteiger partial charge on any atom is 0.249 e. The van der Waals surface area contributed by atoms with Gasteiger partial charge in [0.2, 0.25) is 17.7 Å². The van der Waals surface area contributed by atoms with Crippen LogP contribution in [-0.2, 0) is 14.4 Å². The van der Waals surface area contributed by atoms with Gasteiger partial charge in [-0.2, -0.15) is 0 Å². The van der Waals surface area contributed by atoms with Gasteiger partial charge in [-0.15, -0.1) is 11.8 Å². The van der Waals surface area contributed by atoms with Crippen LogP contribution in [0.1, 0.15) is 12.8 Å². The van der Waals surface area contributed by atoms with E-state index in [1.807, 2.05) is 0 Å². The molecule has 106 valence electrons. The molecule has 0 radical (unpaired) electrons. The van der Waals surface area contributed by atoms with Gasteiger partial charge in [-0.1, -0.05) is 0 Å². The first-order valence-corrected chi connectivity index (χ1v) is 7.04. The van der Waals surface area contributed by atoms with E-state index in [4.69, 9.17) is 0 Å². The summed E-state index contributed by atoms with van der Waals surface area (Å²) in [5.74, 6) is -1.29. The molecule has 1 aromatic rings. The van der Waals surface area contributed by atoms with E-state index in [9.17, 15) is 18.8 Å². The number of carbonyl (C=O) groups is 3. The molecule has 2 N–H and O–H groups in total. The number of hydrogen-bond acceptors (Lipinski definition) is 4. The summed E-state index contributed by atoms with van der Waals surface area (Å²) in [6.07, 6.45) is 0.541. The Morgan fingerprint density at radius 3 is 2.70 bits per heavy atom. The van der Waals surface area contributed by atoms with Gasteiger partial charge in [0, 0.05) is 11.3 Å². The number of amides is 3. The zero-order chi connectivity index (χ0) is 14.5. The lowest BCUT2D eigenvalue weighted by Crippen LogP contribution is -2.52. The highest BCUT2D eigenvalue weighted by Gasteiger charge is 2.27. The fourth-order valence-electron chi connectivity index (χ4n) is 1.75. The predicted octanol–water partition coefficient (Wildman–Crippen LogP) is 0.839. The van der Waals surface area contributed by atoms with Crippen molar-refractivity contribution in [2.75, 3.05) is 5.75 Å². The second-order valence-corrected chi connectivity index (χ2v) is 5.36. The molecule has 3 amide bonds. The van der Waals surface area contributed by atoms with Crippen molar-refractivity contribution in [1.29, 1.82) is 0 Å². The van der Waals surface area contributed by atoms with E-state index < -0.39 is 11.9 Å². The highest BCUT2D eigenvalue weighted by atomic mass is 32.2. The van der Waals surface area contributed by atoms with Crippen LogP contribution < -0.4 is 10.6 Å². The number of piperidine rings is 1. The largest absolute Gasteiger partial charge is 0.344 e. The van der Waals surface area contributed by atoms with Crippen LogP contribution in [0.15, 0.2) is 29.2 Å². The molecule has 0 spiro atoms. The molecule has 1 aliphatic rings. The van der Waals surface area contributed by atoms with Crippen molar-refractivity contribution in [2.24, 2.45) is 0 Å². The highest BCUT2D eigenvalue weighted by Crippen LogP contribution is 2.17. The molecule has 20 heavy (non-hydrogen) atoms. The first-order chi connectivity index (χ1) is 9.54. The minimum absolute atomic E-state index is 0.128. The average Bonchev–Trinajstić information content (AvgIpc) is 2.41. The molecule has 1 aromatic carbocycles. The number of thioether (sulfide) groups is 1. The van der Waals surface area contributed by atoms with Crippen LogP contribution in [0.4, 0.5) is 4.39 Å². The lowest BCUT2D eigenvalue weighted by molar-refractivity contribution is -0.136. The number of carbonyl (C=O) groups excluding carboxylic acids is 3. The Morgan fingerprint density at radius 2 is 2.05 bits per heavy atom. The number of nitrogens with one attached hydrogen (secondary N) is 2. The van der Waals surface area contributed by atoms with Crippen LogP contribution >= 0.6 is 11.8 Å². The lowest BCUT2D eigenvalue weighted by Gasteiger charge is -2.21. The quantitative estimate of drug-likeness (QED) is 0.638. The molecule has 1 saturated heterocycles. The highest BCUT2D eigenvalue weighted by molar-refractivity contribution is 8.00. The molecule has 1 aliphatic heterocycles. The first kappa shape index (κ1) is 14.5. The molecule has 0 bridgehead atoms. The van der Waals surface area contributed by atoms with E-state index >= 15 is 0 Å². The summed E-state index contributed by atoms with van der Waals surface area (Å²) >= 11 is 1.25. The van der Waals surface area contributed by atoms with E-state index in [1.165, 1.54) is 23.9 Å². The fraction of sp³-hybridized carbons (Fsp3) is 0.308. The van der Waals surface area contributed by atoms with E-state index in [0.29, 0.717) is 6.42 Å².